The fourth-order valence-corrected chi connectivity index (χ4v) is 5.52. The molecule has 1 atom stereocenters. The van der Waals surface area contributed by atoms with Crippen LogP contribution in [-0.2, 0) is 16.1 Å². The Balaban J connectivity index is 1.65. The minimum atomic E-state index is -0.474. The van der Waals surface area contributed by atoms with Crippen molar-refractivity contribution in [2.75, 3.05) is 26.2 Å². The van der Waals surface area contributed by atoms with Gasteiger partial charge in [0.05, 0.1) is 24.0 Å². The van der Waals surface area contributed by atoms with Crippen molar-refractivity contribution in [3.05, 3.63) is 57.3 Å². The highest BCUT2D eigenvalue weighted by molar-refractivity contribution is 7.12. The number of nitrogens with zero attached hydrogens (tertiary/aromatic N) is 1. The van der Waals surface area contributed by atoms with Gasteiger partial charge in [0.2, 0.25) is 0 Å². The Morgan fingerprint density at radius 1 is 1.03 bits per heavy atom. The molecule has 0 saturated carbocycles. The maximum Gasteiger partial charge on any atom is 0.275 e. The number of nitrogens with one attached hydrogen (secondary N) is 2. The van der Waals surface area contributed by atoms with E-state index in [1.165, 1.54) is 11.3 Å². The number of nitrogens with two attached hydrogens (primary N) is 1. The Morgan fingerprint density at radius 2 is 1.67 bits per heavy atom. The van der Waals surface area contributed by atoms with Gasteiger partial charge in [0, 0.05) is 6.54 Å². The van der Waals surface area contributed by atoms with Gasteiger partial charge in [-0.2, -0.15) is 0 Å². The molecule has 4 N–H and O–H groups in total. The van der Waals surface area contributed by atoms with Crippen LogP contribution in [0.5, 0.6) is 0 Å². The van der Waals surface area contributed by atoms with E-state index in [-0.39, 0.29) is 37.5 Å². The zero-order valence-electron chi connectivity index (χ0n) is 19.6. The molecule has 0 radical (unpaired) electrons. The molecule has 7 nitrogen and oxygen atoms in total. The molecule has 1 fully saturated rings. The van der Waals surface area contributed by atoms with Crippen molar-refractivity contribution in [3.63, 3.8) is 0 Å². The quantitative estimate of drug-likeness (QED) is 0.490. The fourth-order valence-electron chi connectivity index (χ4n) is 4.59. The predicted octanol–water partition coefficient (Wildman–Crippen LogP) is 3.04. The monoisotopic (exact) mass is 471 g/mol. The number of benzene rings is 1. The molecule has 1 saturated heterocycles. The Labute approximate surface area is 199 Å². The van der Waals surface area contributed by atoms with Gasteiger partial charge in [-0.3, -0.25) is 14.4 Å². The summed E-state index contributed by atoms with van der Waals surface area (Å²) in [6.45, 7) is 6.31. The number of carbonyl (C=O) groups is 3. The van der Waals surface area contributed by atoms with E-state index in [2.05, 4.69) is 10.6 Å². The van der Waals surface area contributed by atoms with Crippen LogP contribution in [0, 0.1) is 6.92 Å². The third-order valence-corrected chi connectivity index (χ3v) is 7.59. The summed E-state index contributed by atoms with van der Waals surface area (Å²) in [5.74, 6) is -0.620. The molecule has 0 bridgehead atoms. The average molecular weight is 472 g/mol. The second kappa shape index (κ2) is 11.4. The number of likely N-dealkylation sites (tertiary alicyclic amines) is 1. The fraction of sp³-hybridized carbons (Fsp3) is 0.480. The minimum Gasteiger partial charge on any atom is -0.365 e. The molecule has 0 unspecified atom stereocenters. The lowest BCUT2D eigenvalue weighted by atomic mass is 10.1. The standard InChI is InChI=1S/C25H34N4O3S/c1-18-17-33-24(25(26)32)21(18)14-27-22(30)15-29(12-8-3-4-9-13-29)16-23(31)28-19(2)20-10-6-5-7-11-20/h5-7,10-11,17,19H,3-4,8-9,12-16H2,1-2H3,(H3-,26,27,28,30,31,32)/p+1/t19-/m1/s1. The molecule has 0 aliphatic carbocycles. The van der Waals surface area contributed by atoms with Gasteiger partial charge in [-0.15, -0.1) is 11.3 Å². The summed E-state index contributed by atoms with van der Waals surface area (Å²) < 4.78 is 0.463. The lowest BCUT2D eigenvalue weighted by molar-refractivity contribution is -0.912. The molecule has 178 valence electrons. The summed E-state index contributed by atoms with van der Waals surface area (Å²) in [7, 11) is 0. The largest absolute Gasteiger partial charge is 0.365 e. The second-order valence-electron chi connectivity index (χ2n) is 9.09. The highest BCUT2D eigenvalue weighted by atomic mass is 32.1. The normalized spacial score (nSPS) is 16.4. The molecule has 2 aromatic rings. The maximum atomic E-state index is 13.0. The van der Waals surface area contributed by atoms with Crippen LogP contribution in [-0.4, -0.2) is 48.4 Å². The first-order chi connectivity index (χ1) is 15.8. The Morgan fingerprint density at radius 3 is 2.30 bits per heavy atom. The van der Waals surface area contributed by atoms with Crippen molar-refractivity contribution in [2.45, 2.75) is 52.1 Å². The lowest BCUT2D eigenvalue weighted by Crippen LogP contribution is -2.58. The number of aryl methyl sites for hydroxylation is 1. The Kier molecular flexibility index (Phi) is 8.63. The van der Waals surface area contributed by atoms with Gasteiger partial charge in [0.25, 0.3) is 17.7 Å². The summed E-state index contributed by atoms with van der Waals surface area (Å²) in [6, 6.07) is 9.79. The number of hydrogen-bond donors (Lipinski definition) is 3. The van der Waals surface area contributed by atoms with Crippen LogP contribution in [0.3, 0.4) is 0 Å². The summed E-state index contributed by atoms with van der Waals surface area (Å²) in [5, 5.41) is 7.95. The lowest BCUT2D eigenvalue weighted by Gasteiger charge is -2.36. The molecular formula is C25H35N4O3S+. The van der Waals surface area contributed by atoms with Gasteiger partial charge in [-0.1, -0.05) is 30.3 Å². The van der Waals surface area contributed by atoms with Crippen LogP contribution in [0.15, 0.2) is 35.7 Å². The third-order valence-electron chi connectivity index (χ3n) is 6.44. The van der Waals surface area contributed by atoms with Crippen LogP contribution in [0.2, 0.25) is 0 Å². The number of rotatable bonds is 9. The first-order valence-electron chi connectivity index (χ1n) is 11.6. The van der Waals surface area contributed by atoms with Crippen LogP contribution in [0.4, 0.5) is 0 Å². The van der Waals surface area contributed by atoms with E-state index in [1.807, 2.05) is 49.6 Å². The highest BCUT2D eigenvalue weighted by Crippen LogP contribution is 2.22. The SMILES string of the molecule is Cc1csc(C(N)=O)c1CNC(=O)C[N+]1(CC(=O)N[C@H](C)c2ccccc2)CCCCCC1. The summed E-state index contributed by atoms with van der Waals surface area (Å²) >= 11 is 1.30. The van der Waals surface area contributed by atoms with Crippen LogP contribution < -0.4 is 16.4 Å². The van der Waals surface area contributed by atoms with E-state index in [0.29, 0.717) is 9.36 Å². The summed E-state index contributed by atoms with van der Waals surface area (Å²) in [5.41, 5.74) is 8.25. The molecule has 1 aromatic carbocycles. The van der Waals surface area contributed by atoms with E-state index < -0.39 is 5.91 Å². The predicted molar refractivity (Wildman–Crippen MR) is 131 cm³/mol. The highest BCUT2D eigenvalue weighted by Gasteiger charge is 2.34. The number of thiophene rings is 1. The van der Waals surface area contributed by atoms with Crippen LogP contribution >= 0.6 is 11.3 Å². The molecule has 3 rings (SSSR count). The first kappa shape index (κ1) is 24.9. The van der Waals surface area contributed by atoms with E-state index in [9.17, 15) is 14.4 Å². The molecule has 3 amide bonds. The molecule has 2 heterocycles. The molecule has 1 aromatic heterocycles. The first-order valence-corrected chi connectivity index (χ1v) is 12.5. The zero-order valence-corrected chi connectivity index (χ0v) is 20.4. The Hall–Kier alpha value is -2.71. The zero-order chi connectivity index (χ0) is 23.8. The molecule has 1 aliphatic rings. The minimum absolute atomic E-state index is 0.0363. The number of carbonyl (C=O) groups excluding carboxylic acids is 3. The van der Waals surface area contributed by atoms with E-state index in [1.54, 1.807) is 0 Å². The van der Waals surface area contributed by atoms with Crippen LogP contribution in [0.1, 0.15) is 65.0 Å². The van der Waals surface area contributed by atoms with Gasteiger partial charge in [-0.05, 0) is 61.6 Å². The molecule has 1 aliphatic heterocycles. The number of amides is 3. The number of hydrogen-bond acceptors (Lipinski definition) is 4. The van der Waals surface area contributed by atoms with Gasteiger partial charge < -0.3 is 20.9 Å². The van der Waals surface area contributed by atoms with E-state index in [4.69, 9.17) is 5.73 Å². The van der Waals surface area contributed by atoms with Gasteiger partial charge in [0.15, 0.2) is 13.1 Å². The maximum absolute atomic E-state index is 13.0. The molecule has 8 heteroatoms. The van der Waals surface area contributed by atoms with E-state index in [0.717, 1.165) is 55.5 Å². The van der Waals surface area contributed by atoms with Crippen molar-refractivity contribution in [3.8, 4) is 0 Å². The molecule has 0 spiro atoms. The van der Waals surface area contributed by atoms with Crippen molar-refractivity contribution in [2.24, 2.45) is 5.73 Å². The van der Waals surface area contributed by atoms with E-state index >= 15 is 0 Å². The second-order valence-corrected chi connectivity index (χ2v) is 9.97. The number of quaternary nitrogens is 1. The van der Waals surface area contributed by atoms with Crippen LogP contribution in [0.25, 0.3) is 0 Å². The summed E-state index contributed by atoms with van der Waals surface area (Å²) in [4.78, 5) is 38.1. The molecular weight excluding hydrogens is 436 g/mol. The summed E-state index contributed by atoms with van der Waals surface area (Å²) in [6.07, 6.45) is 4.26. The third kappa shape index (κ3) is 6.88. The van der Waals surface area contributed by atoms with Crippen molar-refractivity contribution >= 4 is 29.1 Å². The Bertz CT molecular complexity index is 965. The number of primary amides is 1. The average Bonchev–Trinajstić information content (AvgIpc) is 3.00. The van der Waals surface area contributed by atoms with Gasteiger partial charge >= 0.3 is 0 Å². The van der Waals surface area contributed by atoms with Crippen molar-refractivity contribution < 1.29 is 18.9 Å². The smallest absolute Gasteiger partial charge is 0.275 e. The van der Waals surface area contributed by atoms with Crippen molar-refractivity contribution in [1.82, 2.24) is 10.6 Å². The molecule has 33 heavy (non-hydrogen) atoms. The van der Waals surface area contributed by atoms with Gasteiger partial charge in [0.1, 0.15) is 0 Å². The van der Waals surface area contributed by atoms with Gasteiger partial charge in [-0.25, -0.2) is 0 Å². The topological polar surface area (TPSA) is 101 Å². The van der Waals surface area contributed by atoms with Crippen molar-refractivity contribution in [1.29, 1.82) is 0 Å².